The Bertz CT molecular complexity index is 2670. The zero-order chi connectivity index (χ0) is 51.7. The van der Waals surface area contributed by atoms with E-state index < -0.39 is 77.2 Å². The Balaban J connectivity index is 0.975. The summed E-state index contributed by atoms with van der Waals surface area (Å²) in [5.41, 5.74) is 7.97. The van der Waals surface area contributed by atoms with Gasteiger partial charge in [0.05, 0.1) is 29.4 Å². The van der Waals surface area contributed by atoms with Crippen LogP contribution in [0.2, 0.25) is 0 Å². The van der Waals surface area contributed by atoms with E-state index in [0.717, 1.165) is 23.2 Å². The number of unbranched alkanes of at least 4 members (excludes halogenated alkanes) is 2. The number of imide groups is 1. The molecular weight excluding hydrogens is 923 g/mol. The number of aryl methyl sites for hydroxylation is 1. The molecular formula is C53H67N9O10. The number of nitrogens with one attached hydrogen (secondary N) is 4. The zero-order valence-electron chi connectivity index (χ0n) is 41.5. The monoisotopic (exact) mass is 990 g/mol. The Hall–Kier alpha value is -7.31. The number of piperidine rings is 1. The van der Waals surface area contributed by atoms with Crippen LogP contribution in [-0.4, -0.2) is 110 Å². The van der Waals surface area contributed by atoms with Gasteiger partial charge in [-0.25, -0.2) is 4.79 Å². The minimum absolute atomic E-state index is 0.0454. The summed E-state index contributed by atoms with van der Waals surface area (Å²) in [6.07, 6.45) is 3.20. The molecule has 1 aromatic heterocycles. The summed E-state index contributed by atoms with van der Waals surface area (Å²) in [6.45, 7) is 6.02. The van der Waals surface area contributed by atoms with Gasteiger partial charge in [-0.3, -0.25) is 52.8 Å². The fourth-order valence-electron chi connectivity index (χ4n) is 10.1. The van der Waals surface area contributed by atoms with Crippen LogP contribution in [0.1, 0.15) is 121 Å². The van der Waals surface area contributed by atoms with Gasteiger partial charge in [-0.05, 0) is 95.0 Å². The Morgan fingerprint density at radius 3 is 2.17 bits per heavy atom. The van der Waals surface area contributed by atoms with E-state index in [9.17, 15) is 43.2 Å². The SMILES string of the molecule is Cn1c(=O)n(C2CCC(=O)NC2=O)c2ccc(NCCCCCC(=O)N3CC[C@H]4CC[C@@H](C(=O)N[C@@H](CCC(N)=O)C(=O)NC(c5ccccc5)c5ccccc5)N4C(=O)[C@@H](CC(=O)OC(C)(C)C)C3)cc21. The number of esters is 1. The molecule has 72 heavy (non-hydrogen) atoms. The molecule has 3 aromatic carbocycles. The first-order valence-electron chi connectivity index (χ1n) is 25.0. The molecule has 7 amide bonds. The van der Waals surface area contributed by atoms with Crippen LogP contribution in [-0.2, 0) is 50.1 Å². The second kappa shape index (κ2) is 23.3. The first-order chi connectivity index (χ1) is 34.4. The third-order valence-corrected chi connectivity index (χ3v) is 13.6. The van der Waals surface area contributed by atoms with Gasteiger partial charge in [-0.1, -0.05) is 67.1 Å². The van der Waals surface area contributed by atoms with Crippen molar-refractivity contribution >= 4 is 64.0 Å². The van der Waals surface area contributed by atoms with Gasteiger partial charge in [-0.15, -0.1) is 0 Å². The molecule has 4 aromatic rings. The first-order valence-corrected chi connectivity index (χ1v) is 25.0. The van der Waals surface area contributed by atoms with Crippen molar-refractivity contribution in [1.29, 1.82) is 0 Å². The van der Waals surface area contributed by atoms with Gasteiger partial charge >= 0.3 is 11.7 Å². The van der Waals surface area contributed by atoms with E-state index in [1.807, 2.05) is 72.8 Å². The second-order valence-corrected chi connectivity index (χ2v) is 20.1. The van der Waals surface area contributed by atoms with Crippen molar-refractivity contribution in [2.75, 3.05) is 25.0 Å². The van der Waals surface area contributed by atoms with Crippen molar-refractivity contribution in [3.63, 3.8) is 0 Å². The summed E-state index contributed by atoms with van der Waals surface area (Å²) in [4.78, 5) is 123. The van der Waals surface area contributed by atoms with Gasteiger partial charge in [0.15, 0.2) is 0 Å². The molecule has 0 bridgehead atoms. The number of ether oxygens (including phenoxy) is 1. The molecule has 5 atom stereocenters. The summed E-state index contributed by atoms with van der Waals surface area (Å²) >= 11 is 0. The number of nitrogens with two attached hydrogens (primary N) is 1. The smallest absolute Gasteiger partial charge is 0.329 e. The van der Waals surface area contributed by atoms with Crippen molar-refractivity contribution in [3.8, 4) is 0 Å². The van der Waals surface area contributed by atoms with E-state index >= 15 is 0 Å². The lowest BCUT2D eigenvalue weighted by atomic mass is 9.97. The molecule has 0 aliphatic carbocycles. The topological polar surface area (TPSA) is 253 Å². The minimum atomic E-state index is -1.17. The molecule has 3 aliphatic heterocycles. The Labute approximate surface area is 418 Å². The number of nitrogens with zero attached hydrogens (tertiary/aromatic N) is 4. The second-order valence-electron chi connectivity index (χ2n) is 20.1. The summed E-state index contributed by atoms with van der Waals surface area (Å²) in [6, 6.07) is 20.3. The van der Waals surface area contributed by atoms with E-state index in [0.29, 0.717) is 49.8 Å². The highest BCUT2D eigenvalue weighted by Crippen LogP contribution is 2.33. The molecule has 3 fully saturated rings. The summed E-state index contributed by atoms with van der Waals surface area (Å²) < 4.78 is 8.56. The van der Waals surface area contributed by atoms with Gasteiger partial charge in [0.1, 0.15) is 23.7 Å². The van der Waals surface area contributed by atoms with E-state index in [-0.39, 0.29) is 69.0 Å². The number of fused-ring (bicyclic) bond motifs is 2. The van der Waals surface area contributed by atoms with E-state index in [4.69, 9.17) is 10.5 Å². The number of carbonyl (C=O) groups is 8. The van der Waals surface area contributed by atoms with E-state index in [1.165, 1.54) is 14.0 Å². The molecule has 0 radical (unpaired) electrons. The van der Waals surface area contributed by atoms with Gasteiger partial charge < -0.3 is 36.2 Å². The quantitative estimate of drug-likeness (QED) is 0.0512. The maximum absolute atomic E-state index is 14.7. The van der Waals surface area contributed by atoms with Crippen molar-refractivity contribution < 1.29 is 43.1 Å². The highest BCUT2D eigenvalue weighted by Gasteiger charge is 2.46. The number of anilines is 1. The Morgan fingerprint density at radius 2 is 1.51 bits per heavy atom. The molecule has 6 N–H and O–H groups in total. The molecule has 1 unspecified atom stereocenters. The highest BCUT2D eigenvalue weighted by atomic mass is 16.6. The Kier molecular flexibility index (Phi) is 17.0. The number of hydrogen-bond donors (Lipinski definition) is 5. The summed E-state index contributed by atoms with van der Waals surface area (Å²) in [5, 5.41) is 11.6. The minimum Gasteiger partial charge on any atom is -0.460 e. The molecule has 19 nitrogen and oxygen atoms in total. The standard InChI is InChI=1S/C53H67N9O10/c1-53(2,3)72-46(66)30-35-32-60(45(65)18-12-7-13-28-55-36-19-22-39-42(31-36)59(4)52(71)62(39)41-24-26-44(64)57-50(41)69)29-27-37-20-23-40(61(37)51(35)70)49(68)56-38(21-25-43(54)63)48(67)58-47(33-14-8-5-9-15-33)34-16-10-6-11-17-34/h5-6,8-11,14-17,19,22,31,35,37-38,40-41,47,55H,7,12-13,18,20-21,23-30,32H2,1-4H3,(H2,54,63)(H,56,68)(H,58,67)(H,57,64,69)/t35-,37+,38-,40-,41?/m0/s1. The maximum atomic E-state index is 14.7. The molecule has 7 rings (SSSR count). The number of benzene rings is 3. The molecule has 384 valence electrons. The number of aromatic nitrogens is 2. The number of hydrogen-bond acceptors (Lipinski definition) is 11. The lowest BCUT2D eigenvalue weighted by Crippen LogP contribution is -2.57. The van der Waals surface area contributed by atoms with Crippen molar-refractivity contribution in [1.82, 2.24) is 34.9 Å². The Morgan fingerprint density at radius 1 is 0.819 bits per heavy atom. The average Bonchev–Trinajstić information content (AvgIpc) is 3.87. The average molecular weight is 990 g/mol. The number of amides is 7. The van der Waals surface area contributed by atoms with Crippen LogP contribution in [0.5, 0.6) is 0 Å². The summed E-state index contributed by atoms with van der Waals surface area (Å²) in [5.74, 6) is -4.81. The van der Waals surface area contributed by atoms with Gasteiger partial charge in [-0.2, -0.15) is 0 Å². The molecule has 3 saturated heterocycles. The summed E-state index contributed by atoms with van der Waals surface area (Å²) in [7, 11) is 1.64. The molecule has 3 aliphatic rings. The zero-order valence-corrected chi connectivity index (χ0v) is 41.5. The molecule has 0 spiro atoms. The molecule has 4 heterocycles. The van der Waals surface area contributed by atoms with Crippen molar-refractivity contribution in [2.24, 2.45) is 18.7 Å². The first kappa shape index (κ1) is 52.5. The largest absolute Gasteiger partial charge is 0.460 e. The molecule has 0 saturated carbocycles. The van der Waals surface area contributed by atoms with Crippen LogP contribution in [0.25, 0.3) is 11.0 Å². The fourth-order valence-corrected chi connectivity index (χ4v) is 10.1. The van der Waals surface area contributed by atoms with Crippen molar-refractivity contribution in [3.05, 3.63) is 100 Å². The fraction of sp³-hybridized carbons (Fsp3) is 0.491. The van der Waals surface area contributed by atoms with Crippen LogP contribution in [0.3, 0.4) is 0 Å². The highest BCUT2D eigenvalue weighted by molar-refractivity contribution is 6.00. The predicted molar refractivity (Wildman–Crippen MR) is 268 cm³/mol. The number of primary amides is 1. The predicted octanol–water partition coefficient (Wildman–Crippen LogP) is 3.89. The van der Waals surface area contributed by atoms with Crippen molar-refractivity contribution in [2.45, 2.75) is 134 Å². The lowest BCUT2D eigenvalue weighted by Gasteiger charge is -2.39. The number of imidazole rings is 1. The number of carbonyl (C=O) groups excluding carboxylic acids is 8. The van der Waals surface area contributed by atoms with Crippen LogP contribution in [0.15, 0.2) is 83.7 Å². The van der Waals surface area contributed by atoms with E-state index in [2.05, 4.69) is 21.3 Å². The van der Waals surface area contributed by atoms with Gasteiger partial charge in [0, 0.05) is 57.7 Å². The molecule has 19 heteroatoms. The van der Waals surface area contributed by atoms with Gasteiger partial charge in [0.2, 0.25) is 41.4 Å². The van der Waals surface area contributed by atoms with Gasteiger partial charge in [0.25, 0.3) is 0 Å². The maximum Gasteiger partial charge on any atom is 0.329 e. The normalized spacial score (nSPS) is 19.8. The van der Waals surface area contributed by atoms with Crippen LogP contribution in [0.4, 0.5) is 5.69 Å². The van der Waals surface area contributed by atoms with Crippen LogP contribution < -0.4 is 32.7 Å². The third-order valence-electron chi connectivity index (χ3n) is 13.6. The van der Waals surface area contributed by atoms with Crippen LogP contribution >= 0.6 is 0 Å². The van der Waals surface area contributed by atoms with E-state index in [1.54, 1.807) is 38.8 Å². The number of rotatable bonds is 19. The lowest BCUT2D eigenvalue weighted by molar-refractivity contribution is -0.161. The van der Waals surface area contributed by atoms with Crippen LogP contribution in [0, 0.1) is 5.92 Å². The third kappa shape index (κ3) is 13.0.